The van der Waals surface area contributed by atoms with E-state index in [0.29, 0.717) is 5.69 Å². The minimum Gasteiger partial charge on any atom is -0.457 e. The van der Waals surface area contributed by atoms with Gasteiger partial charge in [0.1, 0.15) is 29.6 Å². The molecule has 1 aromatic rings. The summed E-state index contributed by atoms with van der Waals surface area (Å²) in [4.78, 5) is 28.8. The third-order valence-electron chi connectivity index (χ3n) is 8.94. The maximum atomic E-state index is 13.1. The number of hydrogen-bond donors (Lipinski definition) is 3. The van der Waals surface area contributed by atoms with Gasteiger partial charge in [0, 0.05) is 42.9 Å². The number of aromatic nitrogens is 1. The molecule has 9 nitrogen and oxygen atoms in total. The molecule has 2 aliphatic carbocycles. The van der Waals surface area contributed by atoms with Gasteiger partial charge in [-0.3, -0.25) is 0 Å². The van der Waals surface area contributed by atoms with E-state index < -0.39 is 54.2 Å². The van der Waals surface area contributed by atoms with Crippen LogP contribution in [0.5, 0.6) is 0 Å². The zero-order valence-corrected chi connectivity index (χ0v) is 21.9. The predicted octanol–water partition coefficient (Wildman–Crippen LogP) is 2.40. The molecule has 0 radical (unpaired) electrons. The van der Waals surface area contributed by atoms with Crippen LogP contribution in [0, 0.1) is 29.6 Å². The van der Waals surface area contributed by atoms with Gasteiger partial charge in [0.15, 0.2) is 6.10 Å². The minimum atomic E-state index is -0.933. The molecular formula is C28H37NO8. The van der Waals surface area contributed by atoms with Crippen molar-refractivity contribution in [3.8, 4) is 0 Å². The number of methoxy groups -OCH3 is 1. The monoisotopic (exact) mass is 515 g/mol. The fourth-order valence-electron chi connectivity index (χ4n) is 7.14. The van der Waals surface area contributed by atoms with E-state index in [-0.39, 0.29) is 36.0 Å². The van der Waals surface area contributed by atoms with Crippen molar-refractivity contribution in [2.75, 3.05) is 7.11 Å². The third kappa shape index (κ3) is 4.07. The molecule has 9 heteroatoms. The molecular weight excluding hydrogens is 478 g/mol. The quantitative estimate of drug-likeness (QED) is 0.412. The van der Waals surface area contributed by atoms with Crippen molar-refractivity contribution in [1.82, 2.24) is 4.98 Å². The molecule has 1 saturated heterocycles. The number of cyclic esters (lactones) is 1. The molecule has 2 aliphatic heterocycles. The van der Waals surface area contributed by atoms with Gasteiger partial charge < -0.3 is 34.1 Å². The summed E-state index contributed by atoms with van der Waals surface area (Å²) < 4.78 is 24.2. The average molecular weight is 516 g/mol. The van der Waals surface area contributed by atoms with E-state index in [1.165, 1.54) is 7.11 Å². The Labute approximate surface area is 216 Å². The highest BCUT2D eigenvalue weighted by Crippen LogP contribution is 2.61. The molecule has 202 valence electrons. The van der Waals surface area contributed by atoms with E-state index in [9.17, 15) is 19.8 Å². The second-order valence-electron chi connectivity index (χ2n) is 11.1. The SMILES string of the molecule is CO[C@H]1C[C@H]2C=C[C@H]3[C@H]4O[C@]2(/C(C)=C/[C@@H](C)[C@@H](C(C)O)OC1=O)[C@@H]3[C@H](O)[C@@H](C)[C@H]4OC(=O)c1ccc[nH]1. The molecule has 1 spiro atoms. The number of carbonyl (C=O) groups is 2. The van der Waals surface area contributed by atoms with Gasteiger partial charge in [-0.2, -0.15) is 0 Å². The molecule has 4 bridgehead atoms. The van der Waals surface area contributed by atoms with Crippen molar-refractivity contribution in [1.29, 1.82) is 0 Å². The molecule has 3 N–H and O–H groups in total. The third-order valence-corrected chi connectivity index (χ3v) is 8.94. The van der Waals surface area contributed by atoms with Crippen molar-refractivity contribution in [3.05, 3.63) is 47.8 Å². The van der Waals surface area contributed by atoms with Gasteiger partial charge >= 0.3 is 11.9 Å². The Morgan fingerprint density at radius 2 is 2.05 bits per heavy atom. The van der Waals surface area contributed by atoms with Crippen LogP contribution in [0.4, 0.5) is 0 Å². The Morgan fingerprint density at radius 1 is 1.30 bits per heavy atom. The highest BCUT2D eigenvalue weighted by atomic mass is 16.6. The van der Waals surface area contributed by atoms with Gasteiger partial charge in [-0.05, 0) is 38.0 Å². The smallest absolute Gasteiger partial charge is 0.355 e. The Balaban J connectivity index is 1.58. The summed E-state index contributed by atoms with van der Waals surface area (Å²) >= 11 is 0. The molecule has 3 heterocycles. The second kappa shape index (κ2) is 9.69. The number of rotatable bonds is 4. The summed E-state index contributed by atoms with van der Waals surface area (Å²) in [5.41, 5.74) is 0.301. The van der Waals surface area contributed by atoms with E-state index in [2.05, 4.69) is 4.98 Å². The molecule has 1 aromatic heterocycles. The van der Waals surface area contributed by atoms with Crippen LogP contribution in [-0.4, -0.2) is 76.5 Å². The zero-order chi connectivity index (χ0) is 26.6. The Hall–Kier alpha value is -2.46. The van der Waals surface area contributed by atoms with Gasteiger partial charge in [0.2, 0.25) is 0 Å². The lowest BCUT2D eigenvalue weighted by Gasteiger charge is -2.48. The fraction of sp³-hybridized carbons (Fsp3) is 0.643. The highest BCUT2D eigenvalue weighted by Gasteiger charge is 2.69. The van der Waals surface area contributed by atoms with Crippen LogP contribution in [0.15, 0.2) is 42.1 Å². The van der Waals surface area contributed by atoms with Crippen LogP contribution in [0.25, 0.3) is 0 Å². The molecule has 0 amide bonds. The van der Waals surface area contributed by atoms with E-state index in [0.717, 1.165) is 5.57 Å². The summed E-state index contributed by atoms with van der Waals surface area (Å²) in [7, 11) is 1.46. The number of carbonyl (C=O) groups excluding carboxylic acids is 2. The van der Waals surface area contributed by atoms with Gasteiger partial charge in [-0.1, -0.05) is 32.1 Å². The molecule has 1 saturated carbocycles. The predicted molar refractivity (Wildman–Crippen MR) is 132 cm³/mol. The lowest BCUT2D eigenvalue weighted by atomic mass is 9.57. The maximum absolute atomic E-state index is 13.1. The number of aromatic amines is 1. The molecule has 1 unspecified atom stereocenters. The number of H-pyrrole nitrogens is 1. The molecule has 5 rings (SSSR count). The topological polar surface area (TPSA) is 127 Å². The minimum absolute atomic E-state index is 0.175. The van der Waals surface area contributed by atoms with E-state index in [1.807, 2.05) is 39.0 Å². The summed E-state index contributed by atoms with van der Waals surface area (Å²) in [6.45, 7) is 7.35. The first kappa shape index (κ1) is 26.2. The summed E-state index contributed by atoms with van der Waals surface area (Å²) in [5, 5.41) is 22.1. The van der Waals surface area contributed by atoms with Crippen molar-refractivity contribution >= 4 is 11.9 Å². The number of hydrogen-bond acceptors (Lipinski definition) is 8. The normalized spacial score (nSPS) is 45.3. The van der Waals surface area contributed by atoms with Crippen LogP contribution in [0.1, 0.15) is 44.6 Å². The highest BCUT2D eigenvalue weighted by molar-refractivity contribution is 5.87. The number of nitrogens with one attached hydrogen (secondary N) is 1. The zero-order valence-electron chi connectivity index (χ0n) is 21.9. The molecule has 12 atom stereocenters. The molecule has 37 heavy (non-hydrogen) atoms. The largest absolute Gasteiger partial charge is 0.457 e. The molecule has 2 fully saturated rings. The number of aliphatic hydroxyl groups is 2. The lowest BCUT2D eigenvalue weighted by Crippen LogP contribution is -2.57. The van der Waals surface area contributed by atoms with Gasteiger partial charge in [-0.25, -0.2) is 9.59 Å². The van der Waals surface area contributed by atoms with Crippen molar-refractivity contribution in [2.45, 2.75) is 76.3 Å². The summed E-state index contributed by atoms with van der Waals surface area (Å²) in [5.74, 6) is -2.49. The first-order valence-corrected chi connectivity index (χ1v) is 13.1. The fourth-order valence-corrected chi connectivity index (χ4v) is 7.14. The van der Waals surface area contributed by atoms with E-state index >= 15 is 0 Å². The second-order valence-corrected chi connectivity index (χ2v) is 11.1. The number of aliphatic hydroxyl groups excluding tert-OH is 2. The Kier molecular flexibility index (Phi) is 6.85. The van der Waals surface area contributed by atoms with Crippen LogP contribution in [0.2, 0.25) is 0 Å². The molecule has 4 aliphatic rings. The summed E-state index contributed by atoms with van der Waals surface area (Å²) in [6.07, 6.45) is 3.53. The van der Waals surface area contributed by atoms with Crippen LogP contribution in [0.3, 0.4) is 0 Å². The Bertz CT molecular complexity index is 1080. The van der Waals surface area contributed by atoms with Crippen LogP contribution < -0.4 is 0 Å². The molecule has 0 aromatic carbocycles. The number of ether oxygens (including phenoxy) is 4. The van der Waals surface area contributed by atoms with Crippen LogP contribution >= 0.6 is 0 Å². The average Bonchev–Trinajstić information content (AvgIpc) is 3.46. The van der Waals surface area contributed by atoms with Crippen LogP contribution in [-0.2, 0) is 23.7 Å². The van der Waals surface area contributed by atoms with Gasteiger partial charge in [-0.15, -0.1) is 0 Å². The van der Waals surface area contributed by atoms with Crippen molar-refractivity contribution in [3.63, 3.8) is 0 Å². The first-order chi connectivity index (χ1) is 17.6. The van der Waals surface area contributed by atoms with Crippen molar-refractivity contribution in [2.24, 2.45) is 29.6 Å². The van der Waals surface area contributed by atoms with Crippen molar-refractivity contribution < 1.29 is 38.7 Å². The number of esters is 2. The standard InChI is InChI=1S/C28H37NO8/c1-13-11-14(2)28-17(12-20(34-5)27(33)35-23(13)16(4)30)8-9-18-21(28)22(31)15(3)24(25(18)37-28)36-26(32)19-7-6-10-29-19/h6-11,13,15-18,20-25,29-31H,12H2,1-5H3/b14-11+/t13-,15-,16?,17-,18-,20+,21+,22-,23+,24-,25-,28+/m1/s1. The van der Waals surface area contributed by atoms with Gasteiger partial charge in [0.25, 0.3) is 0 Å². The Morgan fingerprint density at radius 3 is 2.70 bits per heavy atom. The van der Waals surface area contributed by atoms with E-state index in [1.54, 1.807) is 25.3 Å². The first-order valence-electron chi connectivity index (χ1n) is 13.1. The lowest BCUT2D eigenvalue weighted by molar-refractivity contribution is -0.172. The maximum Gasteiger partial charge on any atom is 0.355 e. The summed E-state index contributed by atoms with van der Waals surface area (Å²) in [6, 6.07) is 3.37. The van der Waals surface area contributed by atoms with Gasteiger partial charge in [0.05, 0.1) is 12.2 Å². The van der Waals surface area contributed by atoms with E-state index in [4.69, 9.17) is 18.9 Å².